The van der Waals surface area contributed by atoms with Gasteiger partial charge in [0.05, 0.1) is 0 Å². The molecule has 0 fully saturated rings. The van der Waals surface area contributed by atoms with Crippen LogP contribution >= 0.6 is 0 Å². The van der Waals surface area contributed by atoms with E-state index in [4.69, 9.17) is 0 Å². The highest BCUT2D eigenvalue weighted by atomic mass is 14.9. The average molecular weight is 1820 g/mol. The van der Waals surface area contributed by atoms with Crippen LogP contribution in [0.1, 0.15) is 297 Å². The minimum absolute atomic E-state index is 1.07. The molecule has 0 aliphatic heterocycles. The first-order chi connectivity index (χ1) is 66.8. The molecule has 0 radical (unpaired) electrons. The number of rotatable bonds is 0. The second-order valence-electron chi connectivity index (χ2n) is 28.0. The Morgan fingerprint density at radius 2 is 0.581 bits per heavy atom. The van der Waals surface area contributed by atoms with Crippen LogP contribution in [0.5, 0.6) is 0 Å². The van der Waals surface area contributed by atoms with Gasteiger partial charge in [0.2, 0.25) is 0 Å². The van der Waals surface area contributed by atoms with E-state index < -0.39 is 0 Å². The van der Waals surface area contributed by atoms with Crippen LogP contribution in [0.15, 0.2) is 346 Å². The van der Waals surface area contributed by atoms with Gasteiger partial charge in [-0.3, -0.25) is 15.0 Å². The Labute approximate surface area is 833 Å². The number of pyridine rings is 3. The lowest BCUT2D eigenvalue weighted by Gasteiger charge is -2.04. The topological polar surface area (TPSA) is 43.6 Å². The third-order valence-electron chi connectivity index (χ3n) is 20.2. The highest BCUT2D eigenvalue weighted by molar-refractivity contribution is 6.08. The Bertz CT molecular complexity index is 5680. The van der Waals surface area contributed by atoms with Crippen molar-refractivity contribution in [1.82, 2.24) is 19.5 Å². The molecule has 0 bridgehead atoms. The summed E-state index contributed by atoms with van der Waals surface area (Å²) in [6, 6.07) is 112. The fourth-order valence-electron chi connectivity index (χ4n) is 14.8. The highest BCUT2D eigenvalue weighted by Gasteiger charge is 2.21. The molecule has 4 heteroatoms. The molecule has 730 valence electrons. The molecule has 4 aromatic heterocycles. The zero-order chi connectivity index (χ0) is 103. The maximum atomic E-state index is 3.98. The van der Waals surface area contributed by atoms with Crippen LogP contribution in [0.2, 0.25) is 0 Å². The predicted octanol–water partition coefficient (Wildman–Crippen LogP) is 41.5. The van der Waals surface area contributed by atoms with E-state index in [0.29, 0.717) is 0 Å². The third kappa shape index (κ3) is 40.7. The summed E-state index contributed by atoms with van der Waals surface area (Å²) in [6.07, 6.45) is 13.4. The molecule has 4 aliphatic carbocycles. The Kier molecular flexibility index (Phi) is 75.1. The van der Waals surface area contributed by atoms with E-state index in [1.165, 1.54) is 171 Å². The largest absolute Gasteiger partial charge is 0.344 e. The van der Waals surface area contributed by atoms with Gasteiger partial charge in [-0.2, -0.15) is 0 Å². The van der Waals surface area contributed by atoms with Crippen LogP contribution in [0.3, 0.4) is 0 Å². The monoisotopic (exact) mass is 1820 g/mol. The summed E-state index contributed by atoms with van der Waals surface area (Å²) in [7, 11) is 2.12. The Balaban J connectivity index is -0.00000142. The van der Waals surface area contributed by atoms with Crippen LogP contribution in [0.4, 0.5) is 0 Å². The molecule has 4 aliphatic rings. The van der Waals surface area contributed by atoms with Gasteiger partial charge in [0.25, 0.3) is 0 Å². The van der Waals surface area contributed by atoms with Crippen LogP contribution in [0.25, 0.3) is 87.9 Å². The molecule has 0 atom stereocenters. The van der Waals surface area contributed by atoms with E-state index in [-0.39, 0.29) is 0 Å². The van der Waals surface area contributed by atoms with E-state index in [1.807, 2.05) is 277 Å². The van der Waals surface area contributed by atoms with Crippen LogP contribution in [0, 0.1) is 55.4 Å². The lowest BCUT2D eigenvalue weighted by Crippen LogP contribution is -1.84. The molecule has 0 unspecified atom stereocenters. The number of hydrogen-bond acceptors (Lipinski definition) is 3. The first-order valence-electron chi connectivity index (χ1n) is 51.9. The molecule has 136 heavy (non-hydrogen) atoms. The van der Waals surface area contributed by atoms with Crippen LogP contribution in [-0.2, 0) is 32.7 Å². The predicted molar refractivity (Wildman–Crippen MR) is 621 cm³/mol. The number of para-hydroxylation sites is 2. The highest BCUT2D eigenvalue weighted by Crippen LogP contribution is 2.41. The molecule has 17 aromatic rings. The second-order valence-corrected chi connectivity index (χ2v) is 28.0. The van der Waals surface area contributed by atoms with Crippen molar-refractivity contribution >= 4 is 43.4 Å². The molecular formula is C132H182N4. The SMILES string of the molecule is CC.CC.CC.CC.CC.CC.CC.CC.CC.CC.CC.CC.CC.CC.CC.Cc1ccc2c(c1)-c1ccccc1C2.Cc1ccc2c(c1)Cc1ccccc1-2.Cc1ccc2c(ccc3ccccc32)c1.Cc1cccc2c1-c1ccccc1C2.Cc1cccc2c1Cc1ccccc1-2.Cc1ccccn1.Cc1cccnc1.Cc1ccncc1.Cn1c2ccccc2c2ccccc21. The third-order valence-corrected chi connectivity index (χ3v) is 20.2. The van der Waals surface area contributed by atoms with E-state index in [1.54, 1.807) is 24.8 Å². The molecule has 4 heterocycles. The van der Waals surface area contributed by atoms with Gasteiger partial charge >= 0.3 is 0 Å². The Hall–Kier alpha value is -12.4. The quantitative estimate of drug-likeness (QED) is 0.142. The van der Waals surface area contributed by atoms with Crippen molar-refractivity contribution in [2.75, 3.05) is 0 Å². The standard InChI is InChI=1S/C15H12.4C14H12.C13H11N.3C6H7N.15C2H6/c1-11-6-9-15-13(10-11)8-7-12-4-2-3-5-14(12)15;1-10-5-4-7-12-9-11-6-2-3-8-13(11)14(10)12;1-10-5-4-8-13-12-7-3-2-6-11(12)9-14(10)13;1-10-6-7-14-12(8-10)9-11-4-2-3-5-13(11)14;1-10-6-7-12-9-11-4-2-3-5-13(11)14(12)8-10;1-14-12-8-4-2-6-10(12)11-7-3-5-9-13(11)14;1-6-2-4-7-5-3-6;1-6-3-2-4-7-5-6;1-6-4-2-3-5-7-6;15*1-2/h2-10H,1H3;4*2-8H,9H2,1H3;2-9H,1H3;3*2-5H,1H3;15*1-2H3. The molecule has 0 amide bonds. The number of aryl methyl sites for hydroxylation is 9. The van der Waals surface area contributed by atoms with Gasteiger partial charge in [0.1, 0.15) is 0 Å². The van der Waals surface area contributed by atoms with Gasteiger partial charge in [0.15, 0.2) is 0 Å². The molecular weight excluding hydrogens is 1640 g/mol. The molecule has 0 N–H and O–H groups in total. The molecule has 0 spiro atoms. The summed E-state index contributed by atoms with van der Waals surface area (Å²) in [4.78, 5) is 11.7. The minimum Gasteiger partial charge on any atom is -0.344 e. The Morgan fingerprint density at radius 1 is 0.206 bits per heavy atom. The normalized spacial score (nSPS) is 9.46. The number of fused-ring (bicyclic) bond motifs is 18. The zero-order valence-electron chi connectivity index (χ0n) is 92.5. The number of hydrogen-bond donors (Lipinski definition) is 0. The van der Waals surface area contributed by atoms with Crippen molar-refractivity contribution in [3.8, 4) is 44.5 Å². The first kappa shape index (κ1) is 128. The van der Waals surface area contributed by atoms with Crippen molar-refractivity contribution in [3.63, 3.8) is 0 Å². The summed E-state index contributed by atoms with van der Waals surface area (Å²) >= 11 is 0. The van der Waals surface area contributed by atoms with Crippen molar-refractivity contribution in [3.05, 3.63) is 436 Å². The maximum absolute atomic E-state index is 3.98. The molecule has 21 rings (SSSR count). The maximum Gasteiger partial charge on any atom is 0.0488 e. The molecule has 0 saturated carbocycles. The van der Waals surface area contributed by atoms with Gasteiger partial charge < -0.3 is 4.57 Å². The van der Waals surface area contributed by atoms with Gasteiger partial charge in [-0.15, -0.1) is 0 Å². The van der Waals surface area contributed by atoms with Gasteiger partial charge in [0, 0.05) is 65.5 Å². The van der Waals surface area contributed by atoms with Crippen molar-refractivity contribution in [2.24, 2.45) is 7.05 Å². The minimum atomic E-state index is 1.07. The lowest BCUT2D eigenvalue weighted by molar-refractivity contribution is 1.01. The Morgan fingerprint density at radius 3 is 1.07 bits per heavy atom. The van der Waals surface area contributed by atoms with Crippen molar-refractivity contribution < 1.29 is 0 Å². The van der Waals surface area contributed by atoms with E-state index in [9.17, 15) is 0 Å². The lowest BCUT2D eigenvalue weighted by atomic mass is 10.0. The van der Waals surface area contributed by atoms with Crippen molar-refractivity contribution in [2.45, 2.75) is 289 Å². The second kappa shape index (κ2) is 80.0. The zero-order valence-corrected chi connectivity index (χ0v) is 92.5. The molecule has 4 nitrogen and oxygen atoms in total. The van der Waals surface area contributed by atoms with E-state index in [0.717, 1.165) is 31.4 Å². The average Bonchev–Trinajstić information content (AvgIpc) is 1.56. The number of nitrogens with zero attached hydrogens (tertiary/aromatic N) is 4. The first-order valence-corrected chi connectivity index (χ1v) is 51.9. The number of aromatic nitrogens is 4. The van der Waals surface area contributed by atoms with E-state index >= 15 is 0 Å². The van der Waals surface area contributed by atoms with Crippen LogP contribution < -0.4 is 0 Å². The van der Waals surface area contributed by atoms with Gasteiger partial charge in [-0.1, -0.05) is 497 Å². The summed E-state index contributed by atoms with van der Waals surface area (Å²) in [5, 5.41) is 8.01. The van der Waals surface area contributed by atoms with Crippen LogP contribution in [-0.4, -0.2) is 19.5 Å². The summed E-state index contributed by atoms with van der Waals surface area (Å²) in [5.74, 6) is 0. The summed E-state index contributed by atoms with van der Waals surface area (Å²) < 4.78 is 2.24. The van der Waals surface area contributed by atoms with Crippen molar-refractivity contribution in [1.29, 1.82) is 0 Å². The van der Waals surface area contributed by atoms with Gasteiger partial charge in [-0.25, -0.2) is 0 Å². The van der Waals surface area contributed by atoms with E-state index in [2.05, 4.69) is 334 Å². The fraction of sp³-hybridized carbons (Fsp3) is 0.326. The summed E-state index contributed by atoms with van der Waals surface area (Å²) in [6.45, 7) is 76.9. The molecule has 13 aromatic carbocycles. The smallest absolute Gasteiger partial charge is 0.0488 e. The number of benzene rings is 13. The summed E-state index contributed by atoms with van der Waals surface area (Å²) in [5.41, 5.74) is 36.2. The van der Waals surface area contributed by atoms with Gasteiger partial charge in [-0.05, 0) is 256 Å². The fourth-order valence-corrected chi connectivity index (χ4v) is 14.8. The molecule has 0 saturated heterocycles.